The van der Waals surface area contributed by atoms with Gasteiger partial charge in [0.2, 0.25) is 0 Å². The molecule has 0 atom stereocenters. The number of nitrogens with zero attached hydrogens (tertiary/aromatic N) is 2. The highest BCUT2D eigenvalue weighted by molar-refractivity contribution is 7.98. The zero-order valence-corrected chi connectivity index (χ0v) is 13.6. The van der Waals surface area contributed by atoms with Gasteiger partial charge in [-0.25, -0.2) is 4.98 Å². The van der Waals surface area contributed by atoms with Crippen molar-refractivity contribution < 1.29 is 5.11 Å². The number of nitriles is 1. The van der Waals surface area contributed by atoms with Gasteiger partial charge in [0, 0.05) is 5.56 Å². The van der Waals surface area contributed by atoms with Crippen LogP contribution in [0.1, 0.15) is 5.56 Å². The molecule has 0 aliphatic heterocycles. The topological polar surface area (TPSA) is 89.8 Å². The number of nitrogens with one attached hydrogen (secondary N) is 1. The Hall–Kier alpha value is -3.04. The number of phenolic OH excluding ortho intramolecular Hbond substituents is 1. The lowest BCUT2D eigenvalue weighted by atomic mass is 10.0. The van der Waals surface area contributed by atoms with Crippen molar-refractivity contribution in [3.8, 4) is 34.2 Å². The predicted molar refractivity (Wildman–Crippen MR) is 93.9 cm³/mol. The molecule has 1 heterocycles. The Morgan fingerprint density at radius 3 is 2.46 bits per heavy atom. The van der Waals surface area contributed by atoms with Gasteiger partial charge in [-0.2, -0.15) is 5.26 Å². The normalized spacial score (nSPS) is 10.3. The molecule has 0 fully saturated rings. The molecular weight excluding hydrogens is 322 g/mol. The minimum atomic E-state index is -0.441. The Morgan fingerprint density at radius 2 is 1.83 bits per heavy atom. The molecule has 0 amide bonds. The summed E-state index contributed by atoms with van der Waals surface area (Å²) in [6, 6.07) is 16.2. The standard InChI is InChI=1S/C18H13N3O2S/c1-24-18-20-16(15(10-19)17(23)21-18)12-7-5-11(6-8-12)13-3-2-4-14(22)9-13/h2-9,22H,1H3,(H,20,21,23). The van der Waals surface area contributed by atoms with Crippen LogP contribution in [0.4, 0.5) is 0 Å². The molecule has 2 aromatic carbocycles. The van der Waals surface area contributed by atoms with Gasteiger partial charge in [-0.1, -0.05) is 48.2 Å². The van der Waals surface area contributed by atoms with Gasteiger partial charge in [-0.15, -0.1) is 0 Å². The Bertz CT molecular complexity index is 988. The van der Waals surface area contributed by atoms with Crippen LogP contribution in [-0.4, -0.2) is 21.3 Å². The summed E-state index contributed by atoms with van der Waals surface area (Å²) in [7, 11) is 0. The highest BCUT2D eigenvalue weighted by Crippen LogP contribution is 2.27. The number of aromatic hydroxyl groups is 1. The highest BCUT2D eigenvalue weighted by Gasteiger charge is 2.13. The zero-order chi connectivity index (χ0) is 17.1. The minimum Gasteiger partial charge on any atom is -0.508 e. The van der Waals surface area contributed by atoms with E-state index >= 15 is 0 Å². The molecule has 0 saturated carbocycles. The van der Waals surface area contributed by atoms with E-state index in [1.54, 1.807) is 24.5 Å². The molecule has 118 valence electrons. The van der Waals surface area contributed by atoms with E-state index < -0.39 is 5.56 Å². The number of rotatable bonds is 3. The maximum absolute atomic E-state index is 12.0. The van der Waals surface area contributed by atoms with Crippen molar-refractivity contribution in [3.05, 3.63) is 64.4 Å². The number of benzene rings is 2. The second-order valence-corrected chi connectivity index (χ2v) is 5.83. The molecule has 1 aromatic heterocycles. The SMILES string of the molecule is CSc1nc(-c2ccc(-c3cccc(O)c3)cc2)c(C#N)c(=O)[nH]1. The fraction of sp³-hybridized carbons (Fsp3) is 0.0556. The van der Waals surface area contributed by atoms with Gasteiger partial charge < -0.3 is 10.1 Å². The molecule has 6 heteroatoms. The predicted octanol–water partition coefficient (Wildman–Crippen LogP) is 3.40. The fourth-order valence-corrected chi connectivity index (χ4v) is 2.75. The molecule has 0 bridgehead atoms. The van der Waals surface area contributed by atoms with E-state index in [0.29, 0.717) is 16.4 Å². The first-order chi connectivity index (χ1) is 11.6. The van der Waals surface area contributed by atoms with Crippen molar-refractivity contribution in [2.24, 2.45) is 0 Å². The number of thioether (sulfide) groups is 1. The van der Waals surface area contributed by atoms with Gasteiger partial charge in [0.05, 0.1) is 5.69 Å². The van der Waals surface area contributed by atoms with Crippen LogP contribution in [0, 0.1) is 11.3 Å². The van der Waals surface area contributed by atoms with Crippen molar-refractivity contribution >= 4 is 11.8 Å². The maximum Gasteiger partial charge on any atom is 0.270 e. The van der Waals surface area contributed by atoms with Crippen LogP contribution >= 0.6 is 11.8 Å². The summed E-state index contributed by atoms with van der Waals surface area (Å²) in [4.78, 5) is 18.9. The van der Waals surface area contributed by atoms with Gasteiger partial charge >= 0.3 is 0 Å². The van der Waals surface area contributed by atoms with Crippen LogP contribution in [0.3, 0.4) is 0 Å². The number of hydrogen-bond donors (Lipinski definition) is 2. The van der Waals surface area contributed by atoms with Crippen LogP contribution in [0.5, 0.6) is 5.75 Å². The number of H-pyrrole nitrogens is 1. The average molecular weight is 335 g/mol. The number of hydrogen-bond acceptors (Lipinski definition) is 5. The number of phenols is 1. The van der Waals surface area contributed by atoms with Gasteiger partial charge in [0.25, 0.3) is 5.56 Å². The molecule has 0 unspecified atom stereocenters. The van der Waals surface area contributed by atoms with Crippen molar-refractivity contribution in [2.45, 2.75) is 5.16 Å². The lowest BCUT2D eigenvalue weighted by Gasteiger charge is -2.07. The monoisotopic (exact) mass is 335 g/mol. The molecule has 0 saturated heterocycles. The van der Waals surface area contributed by atoms with E-state index in [1.165, 1.54) is 11.8 Å². The minimum absolute atomic E-state index is 0.00194. The van der Waals surface area contributed by atoms with Crippen LogP contribution in [-0.2, 0) is 0 Å². The summed E-state index contributed by atoms with van der Waals surface area (Å²) in [5.74, 6) is 0.198. The molecule has 24 heavy (non-hydrogen) atoms. The maximum atomic E-state index is 12.0. The molecule has 3 rings (SSSR count). The van der Waals surface area contributed by atoms with Gasteiger partial charge in [0.1, 0.15) is 17.4 Å². The highest BCUT2D eigenvalue weighted by atomic mass is 32.2. The molecule has 2 N–H and O–H groups in total. The second kappa shape index (κ2) is 6.60. The van der Waals surface area contributed by atoms with Crippen molar-refractivity contribution in [1.29, 1.82) is 5.26 Å². The number of aromatic amines is 1. The van der Waals surface area contributed by atoms with E-state index in [1.807, 2.05) is 36.4 Å². The smallest absolute Gasteiger partial charge is 0.270 e. The van der Waals surface area contributed by atoms with Crippen molar-refractivity contribution in [3.63, 3.8) is 0 Å². The first kappa shape index (κ1) is 15.8. The summed E-state index contributed by atoms with van der Waals surface area (Å²) in [5.41, 5.74) is 2.42. The summed E-state index contributed by atoms with van der Waals surface area (Å²) in [6.45, 7) is 0. The molecule has 5 nitrogen and oxygen atoms in total. The summed E-state index contributed by atoms with van der Waals surface area (Å²) < 4.78 is 0. The summed E-state index contributed by atoms with van der Waals surface area (Å²) in [6.07, 6.45) is 1.80. The lowest BCUT2D eigenvalue weighted by Crippen LogP contribution is -2.14. The zero-order valence-electron chi connectivity index (χ0n) is 12.8. The largest absolute Gasteiger partial charge is 0.508 e. The second-order valence-electron chi connectivity index (χ2n) is 5.04. The van der Waals surface area contributed by atoms with Crippen LogP contribution < -0.4 is 5.56 Å². The summed E-state index contributed by atoms with van der Waals surface area (Å²) >= 11 is 1.31. The van der Waals surface area contributed by atoms with Crippen molar-refractivity contribution in [1.82, 2.24) is 9.97 Å². The quantitative estimate of drug-likeness (QED) is 0.565. The third-order valence-corrected chi connectivity index (χ3v) is 4.12. The average Bonchev–Trinajstić information content (AvgIpc) is 2.61. The molecule has 0 radical (unpaired) electrons. The van der Waals surface area contributed by atoms with Crippen LogP contribution in [0.15, 0.2) is 58.5 Å². The van der Waals surface area contributed by atoms with E-state index in [-0.39, 0.29) is 11.3 Å². The third kappa shape index (κ3) is 3.03. The Morgan fingerprint density at radius 1 is 1.12 bits per heavy atom. The summed E-state index contributed by atoms with van der Waals surface area (Å²) in [5, 5.41) is 19.3. The Labute approximate surface area is 142 Å². The fourth-order valence-electron chi connectivity index (χ4n) is 2.37. The molecule has 3 aromatic rings. The first-order valence-corrected chi connectivity index (χ1v) is 8.33. The van der Waals surface area contributed by atoms with Gasteiger partial charge in [0.15, 0.2) is 5.16 Å². The Kier molecular flexibility index (Phi) is 4.36. The van der Waals surface area contributed by atoms with Crippen molar-refractivity contribution in [2.75, 3.05) is 6.26 Å². The molecule has 0 aliphatic rings. The van der Waals surface area contributed by atoms with Crippen LogP contribution in [0.25, 0.3) is 22.4 Å². The Balaban J connectivity index is 2.07. The van der Waals surface area contributed by atoms with Crippen LogP contribution in [0.2, 0.25) is 0 Å². The lowest BCUT2D eigenvalue weighted by molar-refractivity contribution is 0.475. The number of aromatic nitrogens is 2. The molecule has 0 aliphatic carbocycles. The third-order valence-electron chi connectivity index (χ3n) is 3.54. The first-order valence-electron chi connectivity index (χ1n) is 7.10. The van der Waals surface area contributed by atoms with E-state index in [2.05, 4.69) is 9.97 Å². The molecule has 0 spiro atoms. The van der Waals surface area contributed by atoms with Gasteiger partial charge in [-0.3, -0.25) is 4.79 Å². The van der Waals surface area contributed by atoms with E-state index in [4.69, 9.17) is 0 Å². The van der Waals surface area contributed by atoms with E-state index in [9.17, 15) is 15.2 Å². The van der Waals surface area contributed by atoms with Gasteiger partial charge in [-0.05, 0) is 29.5 Å². The molecular formula is C18H13N3O2S. The van der Waals surface area contributed by atoms with E-state index in [0.717, 1.165) is 11.1 Å².